The minimum Gasteiger partial charge on any atom is -0.371 e. The summed E-state index contributed by atoms with van der Waals surface area (Å²) < 4.78 is 0. The third-order valence-electron chi connectivity index (χ3n) is 4.75. The molecular formula is C19H26N6O. The Morgan fingerprint density at radius 2 is 1.88 bits per heavy atom. The highest BCUT2D eigenvalue weighted by Gasteiger charge is 2.19. The molecule has 2 aromatic rings. The van der Waals surface area contributed by atoms with Gasteiger partial charge in [-0.1, -0.05) is 0 Å². The van der Waals surface area contributed by atoms with Gasteiger partial charge in [-0.05, 0) is 44.9 Å². The molecule has 0 aliphatic carbocycles. The number of primary amides is 1. The third-order valence-corrected chi connectivity index (χ3v) is 4.75. The maximum absolute atomic E-state index is 11.8. The third kappa shape index (κ3) is 3.56. The van der Waals surface area contributed by atoms with Crippen molar-refractivity contribution in [3.8, 4) is 0 Å². The van der Waals surface area contributed by atoms with Gasteiger partial charge >= 0.3 is 0 Å². The molecule has 0 unspecified atom stereocenters. The molecule has 1 amide bonds. The Kier molecular flexibility index (Phi) is 4.97. The number of nitrogens with zero attached hydrogens (tertiary/aromatic N) is 4. The van der Waals surface area contributed by atoms with Crippen LogP contribution in [0.4, 0.5) is 23.1 Å². The summed E-state index contributed by atoms with van der Waals surface area (Å²) in [6.07, 6.45) is 2.26. The molecule has 0 bridgehead atoms. The van der Waals surface area contributed by atoms with Crippen LogP contribution in [0.1, 0.15) is 34.5 Å². The van der Waals surface area contributed by atoms with Crippen LogP contribution >= 0.6 is 0 Å². The van der Waals surface area contributed by atoms with Crippen molar-refractivity contribution >= 4 is 29.0 Å². The quantitative estimate of drug-likeness (QED) is 0.858. The van der Waals surface area contributed by atoms with Crippen LogP contribution in [0.2, 0.25) is 0 Å². The lowest BCUT2D eigenvalue weighted by Gasteiger charge is -2.22. The van der Waals surface area contributed by atoms with E-state index in [9.17, 15) is 4.79 Å². The molecule has 1 fully saturated rings. The summed E-state index contributed by atoms with van der Waals surface area (Å²) in [7, 11) is 3.84. The molecule has 1 aromatic heterocycles. The molecule has 1 aromatic carbocycles. The van der Waals surface area contributed by atoms with Gasteiger partial charge in [0.25, 0.3) is 5.91 Å². The highest BCUT2D eigenvalue weighted by atomic mass is 16.1. The fourth-order valence-electron chi connectivity index (χ4n) is 3.11. The average Bonchev–Trinajstić information content (AvgIpc) is 3.12. The molecule has 0 saturated carbocycles. The molecule has 7 nitrogen and oxygen atoms in total. The van der Waals surface area contributed by atoms with Crippen molar-refractivity contribution in [2.45, 2.75) is 26.7 Å². The maximum atomic E-state index is 11.8. The zero-order valence-corrected chi connectivity index (χ0v) is 15.8. The Labute approximate surface area is 154 Å². The van der Waals surface area contributed by atoms with Gasteiger partial charge in [-0.2, -0.15) is 4.98 Å². The van der Waals surface area contributed by atoms with Gasteiger partial charge in [-0.15, -0.1) is 0 Å². The second-order valence-electron chi connectivity index (χ2n) is 6.89. The standard InChI is InChI=1S/C19H26N6O/c1-12-13(2)21-19(24(3)4)23-18(12)22-14-7-8-15(17(20)26)16(11-14)25-9-5-6-10-25/h7-8,11H,5-6,9-10H2,1-4H3,(H2,20,26)(H,21,22,23). The summed E-state index contributed by atoms with van der Waals surface area (Å²) in [5.41, 5.74) is 9.82. The molecule has 7 heteroatoms. The Balaban J connectivity index is 1.98. The molecule has 0 spiro atoms. The molecule has 2 heterocycles. The number of hydrogen-bond donors (Lipinski definition) is 2. The number of rotatable bonds is 5. The number of aryl methyl sites for hydroxylation is 1. The Morgan fingerprint density at radius 3 is 2.50 bits per heavy atom. The van der Waals surface area contributed by atoms with Crippen LogP contribution in [-0.4, -0.2) is 43.1 Å². The molecule has 0 atom stereocenters. The highest BCUT2D eigenvalue weighted by Crippen LogP contribution is 2.30. The molecule has 138 valence electrons. The van der Waals surface area contributed by atoms with E-state index in [2.05, 4.69) is 20.2 Å². The van der Waals surface area contributed by atoms with E-state index in [4.69, 9.17) is 5.73 Å². The molecule has 1 saturated heterocycles. The molecular weight excluding hydrogens is 328 g/mol. The minimum atomic E-state index is -0.401. The van der Waals surface area contributed by atoms with Crippen LogP contribution in [0.5, 0.6) is 0 Å². The number of nitrogens with two attached hydrogens (primary N) is 1. The molecule has 26 heavy (non-hydrogen) atoms. The summed E-state index contributed by atoms with van der Waals surface area (Å²) in [6, 6.07) is 5.64. The van der Waals surface area contributed by atoms with Gasteiger partial charge in [-0.25, -0.2) is 4.98 Å². The summed E-state index contributed by atoms with van der Waals surface area (Å²) in [4.78, 5) is 25.0. The number of nitrogens with one attached hydrogen (secondary N) is 1. The summed E-state index contributed by atoms with van der Waals surface area (Å²) in [5, 5.41) is 3.38. The van der Waals surface area contributed by atoms with E-state index in [1.54, 1.807) is 6.07 Å². The Hall–Kier alpha value is -2.83. The zero-order valence-electron chi connectivity index (χ0n) is 15.8. The van der Waals surface area contributed by atoms with Crippen molar-refractivity contribution < 1.29 is 4.79 Å². The first-order valence-corrected chi connectivity index (χ1v) is 8.85. The first-order valence-electron chi connectivity index (χ1n) is 8.85. The van der Waals surface area contributed by atoms with E-state index >= 15 is 0 Å². The molecule has 0 radical (unpaired) electrons. The second kappa shape index (κ2) is 7.19. The molecule has 1 aliphatic rings. The SMILES string of the molecule is Cc1nc(N(C)C)nc(Nc2ccc(C(N)=O)c(N3CCCC3)c2)c1C. The van der Waals surface area contributed by atoms with Crippen molar-refractivity contribution in [2.75, 3.05) is 42.3 Å². The molecule has 1 aliphatic heterocycles. The van der Waals surface area contributed by atoms with Gasteiger partial charge in [0, 0.05) is 44.1 Å². The summed E-state index contributed by atoms with van der Waals surface area (Å²) >= 11 is 0. The smallest absolute Gasteiger partial charge is 0.250 e. The van der Waals surface area contributed by atoms with Crippen LogP contribution in [0.25, 0.3) is 0 Å². The number of amides is 1. The van der Waals surface area contributed by atoms with Gasteiger partial charge in [0.05, 0.1) is 11.3 Å². The van der Waals surface area contributed by atoms with E-state index < -0.39 is 5.91 Å². The number of anilines is 4. The van der Waals surface area contributed by atoms with Crippen molar-refractivity contribution in [2.24, 2.45) is 5.73 Å². The van der Waals surface area contributed by atoms with Crippen LogP contribution in [0.15, 0.2) is 18.2 Å². The van der Waals surface area contributed by atoms with Crippen LogP contribution in [-0.2, 0) is 0 Å². The molecule has 3 rings (SSSR count). The van der Waals surface area contributed by atoms with Gasteiger partial charge in [-0.3, -0.25) is 4.79 Å². The lowest BCUT2D eigenvalue weighted by Crippen LogP contribution is -2.23. The summed E-state index contributed by atoms with van der Waals surface area (Å²) in [6.45, 7) is 5.86. The van der Waals surface area contributed by atoms with E-state index in [1.807, 2.05) is 45.0 Å². The van der Waals surface area contributed by atoms with E-state index in [0.29, 0.717) is 11.5 Å². The number of aromatic nitrogens is 2. The van der Waals surface area contributed by atoms with Crippen molar-refractivity contribution in [3.63, 3.8) is 0 Å². The van der Waals surface area contributed by atoms with Gasteiger partial charge in [0.2, 0.25) is 5.95 Å². The number of hydrogen-bond acceptors (Lipinski definition) is 6. The average molecular weight is 354 g/mol. The van der Waals surface area contributed by atoms with E-state index in [-0.39, 0.29) is 0 Å². The van der Waals surface area contributed by atoms with E-state index in [0.717, 1.165) is 54.4 Å². The van der Waals surface area contributed by atoms with Crippen LogP contribution < -0.4 is 20.9 Å². The predicted molar refractivity (Wildman–Crippen MR) is 106 cm³/mol. The van der Waals surface area contributed by atoms with Crippen molar-refractivity contribution in [3.05, 3.63) is 35.0 Å². The Bertz CT molecular complexity index is 827. The lowest BCUT2D eigenvalue weighted by atomic mass is 10.1. The van der Waals surface area contributed by atoms with Gasteiger partial charge in [0.1, 0.15) is 5.82 Å². The highest BCUT2D eigenvalue weighted by molar-refractivity contribution is 5.99. The molecule has 3 N–H and O–H groups in total. The predicted octanol–water partition coefficient (Wildman–Crippen LogP) is 2.60. The van der Waals surface area contributed by atoms with Crippen molar-refractivity contribution in [1.82, 2.24) is 9.97 Å². The van der Waals surface area contributed by atoms with Crippen LogP contribution in [0, 0.1) is 13.8 Å². The number of benzene rings is 1. The van der Waals surface area contributed by atoms with Gasteiger partial charge in [0.15, 0.2) is 0 Å². The second-order valence-corrected chi connectivity index (χ2v) is 6.89. The fraction of sp³-hybridized carbons (Fsp3) is 0.421. The van der Waals surface area contributed by atoms with Gasteiger partial charge < -0.3 is 20.9 Å². The maximum Gasteiger partial charge on any atom is 0.250 e. The normalized spacial score (nSPS) is 13.8. The fourth-order valence-corrected chi connectivity index (χ4v) is 3.11. The minimum absolute atomic E-state index is 0.401. The largest absolute Gasteiger partial charge is 0.371 e. The summed E-state index contributed by atoms with van der Waals surface area (Å²) in [5.74, 6) is 1.02. The monoisotopic (exact) mass is 354 g/mol. The number of carbonyl (C=O) groups excluding carboxylic acids is 1. The number of carbonyl (C=O) groups is 1. The van der Waals surface area contributed by atoms with Crippen molar-refractivity contribution in [1.29, 1.82) is 0 Å². The topological polar surface area (TPSA) is 87.4 Å². The van der Waals surface area contributed by atoms with E-state index in [1.165, 1.54) is 0 Å². The van der Waals surface area contributed by atoms with Crippen LogP contribution in [0.3, 0.4) is 0 Å². The lowest BCUT2D eigenvalue weighted by molar-refractivity contribution is 0.100. The first-order chi connectivity index (χ1) is 12.4. The first kappa shape index (κ1) is 18.0. The Morgan fingerprint density at radius 1 is 1.19 bits per heavy atom. The zero-order chi connectivity index (χ0) is 18.8.